The van der Waals surface area contributed by atoms with Gasteiger partial charge in [-0.3, -0.25) is 4.79 Å². The standard InChI is InChI=1S/C19H18N2O4S/c1-25-18(22)19(20)11-16(19)15-12-21(17-10-6-5-9-14(15)17)26(23,24)13-7-3-2-4-8-13/h2-10,12,16H,11,20H2,1H3/t16-,19-/m0/s1. The summed E-state index contributed by atoms with van der Waals surface area (Å²) in [7, 11) is -2.45. The van der Waals surface area contributed by atoms with Crippen molar-refractivity contribution in [3.05, 3.63) is 66.4 Å². The van der Waals surface area contributed by atoms with Gasteiger partial charge >= 0.3 is 5.97 Å². The molecule has 0 aliphatic heterocycles. The molecule has 26 heavy (non-hydrogen) atoms. The number of hydrogen-bond donors (Lipinski definition) is 1. The molecule has 1 saturated carbocycles. The number of fused-ring (bicyclic) bond motifs is 1. The van der Waals surface area contributed by atoms with E-state index in [0.717, 1.165) is 10.9 Å². The molecule has 0 saturated heterocycles. The normalized spacial score (nSPS) is 22.3. The van der Waals surface area contributed by atoms with Gasteiger partial charge in [-0.15, -0.1) is 0 Å². The van der Waals surface area contributed by atoms with E-state index >= 15 is 0 Å². The molecule has 1 aliphatic carbocycles. The number of carbonyl (C=O) groups excluding carboxylic acids is 1. The Kier molecular flexibility index (Phi) is 3.68. The zero-order chi connectivity index (χ0) is 18.5. The second kappa shape index (κ2) is 5.69. The lowest BCUT2D eigenvalue weighted by Crippen LogP contribution is -2.35. The van der Waals surface area contributed by atoms with Crippen molar-refractivity contribution in [3.8, 4) is 0 Å². The summed E-state index contributed by atoms with van der Waals surface area (Å²) >= 11 is 0. The molecule has 7 heteroatoms. The summed E-state index contributed by atoms with van der Waals surface area (Å²) in [6.45, 7) is 0. The Bertz CT molecular complexity index is 1110. The van der Waals surface area contributed by atoms with Crippen molar-refractivity contribution < 1.29 is 17.9 Å². The first kappa shape index (κ1) is 16.8. The average Bonchev–Trinajstić information content (AvgIpc) is 3.20. The number of rotatable bonds is 4. The minimum absolute atomic E-state index is 0.204. The van der Waals surface area contributed by atoms with Gasteiger partial charge in [0.2, 0.25) is 0 Å². The second-order valence-corrected chi connectivity index (χ2v) is 8.32. The van der Waals surface area contributed by atoms with Crippen molar-refractivity contribution in [2.24, 2.45) is 5.73 Å². The third-order valence-electron chi connectivity index (χ3n) is 4.95. The van der Waals surface area contributed by atoms with Crippen molar-refractivity contribution in [2.45, 2.75) is 22.8 Å². The number of nitrogens with zero attached hydrogens (tertiary/aromatic N) is 1. The Morgan fingerprint density at radius 1 is 1.15 bits per heavy atom. The highest BCUT2D eigenvalue weighted by Crippen LogP contribution is 2.52. The van der Waals surface area contributed by atoms with Crippen LogP contribution in [-0.2, 0) is 19.6 Å². The van der Waals surface area contributed by atoms with Gasteiger partial charge in [0.25, 0.3) is 10.0 Å². The van der Waals surface area contributed by atoms with E-state index in [1.165, 1.54) is 11.1 Å². The molecule has 6 nitrogen and oxygen atoms in total. The van der Waals surface area contributed by atoms with Crippen LogP contribution in [0.2, 0.25) is 0 Å². The maximum absolute atomic E-state index is 13.1. The predicted octanol–water partition coefficient (Wildman–Crippen LogP) is 2.24. The number of methoxy groups -OCH3 is 1. The molecular formula is C19H18N2O4S. The van der Waals surface area contributed by atoms with Crippen LogP contribution >= 0.6 is 0 Å². The quantitative estimate of drug-likeness (QED) is 0.711. The average molecular weight is 370 g/mol. The highest BCUT2D eigenvalue weighted by Gasteiger charge is 2.59. The van der Waals surface area contributed by atoms with Crippen LogP contribution < -0.4 is 5.73 Å². The summed E-state index contributed by atoms with van der Waals surface area (Å²) in [5.41, 5.74) is 6.37. The zero-order valence-corrected chi connectivity index (χ0v) is 14.9. The molecule has 0 spiro atoms. The fraction of sp³-hybridized carbons (Fsp3) is 0.211. The van der Waals surface area contributed by atoms with E-state index in [1.807, 2.05) is 12.1 Å². The first-order chi connectivity index (χ1) is 12.4. The van der Waals surface area contributed by atoms with Gasteiger partial charge in [-0.2, -0.15) is 0 Å². The SMILES string of the molecule is COC(=O)[C@]1(N)C[C@H]1c1cn(S(=O)(=O)c2ccccc2)c2ccccc12. The summed E-state index contributed by atoms with van der Waals surface area (Å²) in [6.07, 6.45) is 2.01. The number of nitrogens with two attached hydrogens (primary N) is 1. The van der Waals surface area contributed by atoms with Gasteiger partial charge < -0.3 is 10.5 Å². The van der Waals surface area contributed by atoms with Crippen molar-refractivity contribution in [2.75, 3.05) is 7.11 Å². The molecule has 0 unspecified atom stereocenters. The fourth-order valence-electron chi connectivity index (χ4n) is 3.44. The molecule has 1 heterocycles. The fourth-order valence-corrected chi connectivity index (χ4v) is 4.84. The first-order valence-corrected chi connectivity index (χ1v) is 9.61. The van der Waals surface area contributed by atoms with E-state index in [9.17, 15) is 13.2 Å². The summed E-state index contributed by atoms with van der Waals surface area (Å²) in [5, 5.41) is 0.772. The van der Waals surface area contributed by atoms with Gasteiger partial charge in [-0.1, -0.05) is 36.4 Å². The van der Waals surface area contributed by atoms with Crippen molar-refractivity contribution >= 4 is 26.9 Å². The number of carbonyl (C=O) groups is 1. The van der Waals surface area contributed by atoms with E-state index in [0.29, 0.717) is 11.9 Å². The van der Waals surface area contributed by atoms with E-state index in [2.05, 4.69) is 0 Å². The van der Waals surface area contributed by atoms with Gasteiger partial charge in [0.05, 0.1) is 17.5 Å². The third-order valence-corrected chi connectivity index (χ3v) is 6.64. The Balaban J connectivity index is 1.88. The topological polar surface area (TPSA) is 91.4 Å². The molecule has 1 fully saturated rings. The van der Waals surface area contributed by atoms with Crippen LogP contribution in [-0.4, -0.2) is 31.0 Å². The van der Waals surface area contributed by atoms with E-state index in [4.69, 9.17) is 10.5 Å². The van der Waals surface area contributed by atoms with Gasteiger partial charge in [-0.05, 0) is 30.2 Å². The van der Waals surface area contributed by atoms with Crippen molar-refractivity contribution in [3.63, 3.8) is 0 Å². The van der Waals surface area contributed by atoms with Crippen LogP contribution in [0, 0.1) is 0 Å². The highest BCUT2D eigenvalue weighted by atomic mass is 32.2. The number of esters is 1. The van der Waals surface area contributed by atoms with Crippen molar-refractivity contribution in [1.82, 2.24) is 3.97 Å². The molecule has 1 aromatic heterocycles. The Morgan fingerprint density at radius 2 is 1.81 bits per heavy atom. The van der Waals surface area contributed by atoms with Crippen LogP contribution in [0.3, 0.4) is 0 Å². The summed E-state index contributed by atoms with van der Waals surface area (Å²) < 4.78 is 32.3. The molecule has 2 atom stereocenters. The van der Waals surface area contributed by atoms with E-state index in [1.54, 1.807) is 48.7 Å². The van der Waals surface area contributed by atoms with Crippen LogP contribution in [0.5, 0.6) is 0 Å². The number of benzene rings is 2. The molecule has 0 bridgehead atoms. The predicted molar refractivity (Wildman–Crippen MR) is 97.3 cm³/mol. The number of para-hydroxylation sites is 1. The van der Waals surface area contributed by atoms with Crippen LogP contribution in [0.15, 0.2) is 65.7 Å². The van der Waals surface area contributed by atoms with Crippen LogP contribution in [0.4, 0.5) is 0 Å². The Hall–Kier alpha value is -2.64. The minimum Gasteiger partial charge on any atom is -0.468 e. The van der Waals surface area contributed by atoms with Crippen LogP contribution in [0.25, 0.3) is 10.9 Å². The Labute approximate surface area is 151 Å². The molecule has 1 aliphatic rings. The first-order valence-electron chi connectivity index (χ1n) is 8.17. The van der Waals surface area contributed by atoms with Crippen LogP contribution in [0.1, 0.15) is 17.9 Å². The van der Waals surface area contributed by atoms with E-state index < -0.39 is 21.5 Å². The third kappa shape index (κ3) is 2.35. The monoisotopic (exact) mass is 370 g/mol. The molecule has 4 rings (SSSR count). The van der Waals surface area contributed by atoms with Gasteiger partial charge in [0, 0.05) is 17.5 Å². The molecule has 2 aromatic carbocycles. The largest absolute Gasteiger partial charge is 0.468 e. The molecule has 2 N–H and O–H groups in total. The molecular weight excluding hydrogens is 352 g/mol. The lowest BCUT2D eigenvalue weighted by Gasteiger charge is -2.08. The number of ether oxygens (including phenoxy) is 1. The molecule has 3 aromatic rings. The summed E-state index contributed by atoms with van der Waals surface area (Å²) in [6, 6.07) is 15.5. The summed E-state index contributed by atoms with van der Waals surface area (Å²) in [5.74, 6) is -0.752. The van der Waals surface area contributed by atoms with Gasteiger partial charge in [0.15, 0.2) is 0 Å². The van der Waals surface area contributed by atoms with Crippen molar-refractivity contribution in [1.29, 1.82) is 0 Å². The second-order valence-electron chi connectivity index (χ2n) is 6.50. The van der Waals surface area contributed by atoms with Gasteiger partial charge in [-0.25, -0.2) is 12.4 Å². The van der Waals surface area contributed by atoms with E-state index in [-0.39, 0.29) is 10.8 Å². The smallest absolute Gasteiger partial charge is 0.326 e. The minimum atomic E-state index is -3.75. The molecule has 0 amide bonds. The maximum atomic E-state index is 13.1. The van der Waals surface area contributed by atoms with Gasteiger partial charge in [0.1, 0.15) is 5.54 Å². The summed E-state index contributed by atoms with van der Waals surface area (Å²) in [4.78, 5) is 12.2. The lowest BCUT2D eigenvalue weighted by molar-refractivity contribution is -0.143. The lowest BCUT2D eigenvalue weighted by atomic mass is 10.1. The zero-order valence-electron chi connectivity index (χ0n) is 14.1. The molecule has 134 valence electrons. The highest BCUT2D eigenvalue weighted by molar-refractivity contribution is 7.90. The number of aromatic nitrogens is 1. The number of hydrogen-bond acceptors (Lipinski definition) is 5. The molecule has 0 radical (unpaired) electrons. The Morgan fingerprint density at radius 3 is 2.50 bits per heavy atom. The maximum Gasteiger partial charge on any atom is 0.326 e.